The molecule has 2 amide bonds. The highest BCUT2D eigenvalue weighted by Crippen LogP contribution is 2.11. The number of hydrogen-bond acceptors (Lipinski definition) is 3. The maximum atomic E-state index is 13.5. The van der Waals surface area contributed by atoms with Crippen molar-refractivity contribution in [1.29, 1.82) is 0 Å². The molecule has 0 aliphatic rings. The van der Waals surface area contributed by atoms with Gasteiger partial charge in [-0.15, -0.1) is 0 Å². The number of Topliss-reactive ketones (excluding diaryl/α,β-unsaturated/α-hetero) is 1. The van der Waals surface area contributed by atoms with E-state index in [0.29, 0.717) is 17.3 Å². The van der Waals surface area contributed by atoms with Crippen LogP contribution < -0.4 is 10.6 Å². The Morgan fingerprint density at radius 1 is 1.00 bits per heavy atom. The van der Waals surface area contributed by atoms with Gasteiger partial charge in [0.1, 0.15) is 11.6 Å². The summed E-state index contributed by atoms with van der Waals surface area (Å²) in [6, 6.07) is 9.02. The van der Waals surface area contributed by atoms with Gasteiger partial charge in [-0.3, -0.25) is 14.4 Å². The number of anilines is 1. The summed E-state index contributed by atoms with van der Waals surface area (Å²) in [5, 5.41) is 5.01. The number of halogens is 2. The van der Waals surface area contributed by atoms with E-state index in [-0.39, 0.29) is 30.2 Å². The minimum absolute atomic E-state index is 0.00693. The molecule has 0 aromatic heterocycles. The highest BCUT2D eigenvalue weighted by Gasteiger charge is 2.12. The van der Waals surface area contributed by atoms with E-state index in [2.05, 4.69) is 10.6 Å². The minimum atomic E-state index is -0.965. The van der Waals surface area contributed by atoms with Gasteiger partial charge in [-0.1, -0.05) is 0 Å². The number of nitrogens with one attached hydrogen (secondary N) is 2. The smallest absolute Gasteiger partial charge is 0.254 e. The van der Waals surface area contributed by atoms with Gasteiger partial charge < -0.3 is 10.6 Å². The number of carbonyl (C=O) groups is 3. The zero-order chi connectivity index (χ0) is 18.4. The molecule has 0 unspecified atom stereocenters. The molecule has 0 heterocycles. The zero-order valence-electron chi connectivity index (χ0n) is 13.4. The van der Waals surface area contributed by atoms with E-state index in [0.717, 1.165) is 12.1 Å². The van der Waals surface area contributed by atoms with Crippen LogP contribution in [0.15, 0.2) is 42.5 Å². The quantitative estimate of drug-likeness (QED) is 0.790. The molecular weight excluding hydrogens is 330 g/mol. The molecule has 2 N–H and O–H groups in total. The monoisotopic (exact) mass is 346 g/mol. The van der Waals surface area contributed by atoms with Crippen LogP contribution in [0.5, 0.6) is 0 Å². The van der Waals surface area contributed by atoms with Gasteiger partial charge in [0.25, 0.3) is 5.91 Å². The normalized spacial score (nSPS) is 10.2. The van der Waals surface area contributed by atoms with Crippen LogP contribution in [0.2, 0.25) is 0 Å². The van der Waals surface area contributed by atoms with Crippen molar-refractivity contribution in [2.24, 2.45) is 0 Å². The lowest BCUT2D eigenvalue weighted by Gasteiger charge is -2.08. The Morgan fingerprint density at radius 2 is 1.68 bits per heavy atom. The molecule has 0 saturated heterocycles. The molecule has 7 heteroatoms. The highest BCUT2D eigenvalue weighted by atomic mass is 19.1. The number of ketones is 1. The lowest BCUT2D eigenvalue weighted by atomic mass is 10.1. The third kappa shape index (κ3) is 5.20. The number of rotatable bonds is 6. The predicted molar refractivity (Wildman–Crippen MR) is 88.4 cm³/mol. The fourth-order valence-corrected chi connectivity index (χ4v) is 2.07. The fraction of sp³-hybridized carbons (Fsp3) is 0.167. The van der Waals surface area contributed by atoms with E-state index in [1.54, 1.807) is 24.3 Å². The van der Waals surface area contributed by atoms with Crippen LogP contribution in [0.1, 0.15) is 34.1 Å². The summed E-state index contributed by atoms with van der Waals surface area (Å²) >= 11 is 0. The maximum Gasteiger partial charge on any atom is 0.254 e. The van der Waals surface area contributed by atoms with E-state index >= 15 is 0 Å². The van der Waals surface area contributed by atoms with Crippen molar-refractivity contribution in [3.8, 4) is 0 Å². The topological polar surface area (TPSA) is 75.3 Å². The Kier molecular flexibility index (Phi) is 5.94. The van der Waals surface area contributed by atoms with Crippen molar-refractivity contribution in [1.82, 2.24) is 5.32 Å². The molecule has 2 aromatic carbocycles. The molecule has 0 atom stereocenters. The maximum absolute atomic E-state index is 13.5. The second-order valence-electron chi connectivity index (χ2n) is 5.31. The number of carbonyl (C=O) groups excluding carboxylic acids is 3. The number of benzene rings is 2. The highest BCUT2D eigenvalue weighted by molar-refractivity contribution is 5.96. The Bertz CT molecular complexity index is 804. The first kappa shape index (κ1) is 18.3. The summed E-state index contributed by atoms with van der Waals surface area (Å²) in [6.07, 6.45) is -0.0248. The van der Waals surface area contributed by atoms with Crippen molar-refractivity contribution in [3.63, 3.8) is 0 Å². The standard InChI is InChI=1S/C18H16F2N2O3/c1-11(23)12-2-5-14(6-3-12)22-17(24)8-9-21-18(25)15-7-4-13(19)10-16(15)20/h2-7,10H,8-9H2,1H3,(H,21,25)(H,22,24). The molecule has 0 spiro atoms. The van der Waals surface area contributed by atoms with Crippen LogP contribution in [0.3, 0.4) is 0 Å². The number of amides is 2. The molecule has 0 saturated carbocycles. The second-order valence-corrected chi connectivity index (χ2v) is 5.31. The lowest BCUT2D eigenvalue weighted by molar-refractivity contribution is -0.116. The summed E-state index contributed by atoms with van der Waals surface area (Å²) in [6.45, 7) is 1.44. The average Bonchev–Trinajstić information content (AvgIpc) is 2.55. The first-order valence-corrected chi connectivity index (χ1v) is 7.51. The zero-order valence-corrected chi connectivity index (χ0v) is 13.4. The molecule has 2 aromatic rings. The largest absolute Gasteiger partial charge is 0.351 e. The van der Waals surface area contributed by atoms with Crippen molar-refractivity contribution in [2.45, 2.75) is 13.3 Å². The van der Waals surface area contributed by atoms with Crippen LogP contribution in [0.25, 0.3) is 0 Å². The van der Waals surface area contributed by atoms with Crippen LogP contribution in [-0.2, 0) is 4.79 Å². The van der Waals surface area contributed by atoms with Crippen molar-refractivity contribution < 1.29 is 23.2 Å². The van der Waals surface area contributed by atoms with Gasteiger partial charge in [-0.05, 0) is 43.3 Å². The Hall–Kier alpha value is -3.09. The number of hydrogen-bond donors (Lipinski definition) is 2. The van der Waals surface area contributed by atoms with Crippen LogP contribution in [-0.4, -0.2) is 24.1 Å². The third-order valence-electron chi connectivity index (χ3n) is 3.39. The summed E-state index contributed by atoms with van der Waals surface area (Å²) < 4.78 is 26.3. The summed E-state index contributed by atoms with van der Waals surface area (Å²) in [5.41, 5.74) is 0.763. The van der Waals surface area contributed by atoms with Gasteiger partial charge in [0, 0.05) is 30.3 Å². The third-order valence-corrected chi connectivity index (χ3v) is 3.39. The van der Waals surface area contributed by atoms with E-state index in [9.17, 15) is 23.2 Å². The summed E-state index contributed by atoms with van der Waals surface area (Å²) in [4.78, 5) is 34.8. The van der Waals surface area contributed by atoms with E-state index in [4.69, 9.17) is 0 Å². The Labute approximate surface area is 143 Å². The Balaban J connectivity index is 1.81. The molecule has 0 fully saturated rings. The first-order valence-electron chi connectivity index (χ1n) is 7.51. The van der Waals surface area contributed by atoms with Gasteiger partial charge in [-0.2, -0.15) is 0 Å². The molecule has 25 heavy (non-hydrogen) atoms. The Morgan fingerprint density at radius 3 is 2.28 bits per heavy atom. The van der Waals surface area contributed by atoms with Crippen molar-refractivity contribution in [3.05, 3.63) is 65.2 Å². The summed E-state index contributed by atoms with van der Waals surface area (Å²) in [5.74, 6) is -2.89. The molecule has 130 valence electrons. The predicted octanol–water partition coefficient (Wildman–Crippen LogP) is 2.93. The van der Waals surface area contributed by atoms with Gasteiger partial charge >= 0.3 is 0 Å². The SMILES string of the molecule is CC(=O)c1ccc(NC(=O)CCNC(=O)c2ccc(F)cc2F)cc1. The minimum Gasteiger partial charge on any atom is -0.351 e. The molecular formula is C18H16F2N2O3. The second kappa shape index (κ2) is 8.14. The molecule has 0 radical (unpaired) electrons. The molecule has 0 bridgehead atoms. The van der Waals surface area contributed by atoms with Crippen molar-refractivity contribution in [2.75, 3.05) is 11.9 Å². The van der Waals surface area contributed by atoms with Gasteiger partial charge in [-0.25, -0.2) is 8.78 Å². The van der Waals surface area contributed by atoms with Crippen LogP contribution in [0.4, 0.5) is 14.5 Å². The lowest BCUT2D eigenvalue weighted by Crippen LogP contribution is -2.28. The fourth-order valence-electron chi connectivity index (χ4n) is 2.07. The van der Waals surface area contributed by atoms with E-state index in [1.807, 2.05) is 0 Å². The van der Waals surface area contributed by atoms with Gasteiger partial charge in [0.15, 0.2) is 5.78 Å². The van der Waals surface area contributed by atoms with Gasteiger partial charge in [0.05, 0.1) is 5.56 Å². The van der Waals surface area contributed by atoms with E-state index in [1.165, 1.54) is 6.92 Å². The van der Waals surface area contributed by atoms with E-state index < -0.39 is 17.5 Å². The van der Waals surface area contributed by atoms with Crippen LogP contribution >= 0.6 is 0 Å². The molecule has 2 rings (SSSR count). The van der Waals surface area contributed by atoms with Crippen molar-refractivity contribution >= 4 is 23.3 Å². The van der Waals surface area contributed by atoms with Crippen LogP contribution in [0, 0.1) is 11.6 Å². The molecule has 0 aliphatic heterocycles. The van der Waals surface area contributed by atoms with Gasteiger partial charge in [0.2, 0.25) is 5.91 Å². The summed E-state index contributed by atoms with van der Waals surface area (Å²) in [7, 11) is 0. The molecule has 5 nitrogen and oxygen atoms in total. The average molecular weight is 346 g/mol. The molecule has 0 aliphatic carbocycles. The first-order chi connectivity index (χ1) is 11.9.